The first-order chi connectivity index (χ1) is 11.9. The van der Waals surface area contributed by atoms with Crippen molar-refractivity contribution in [1.82, 2.24) is 15.3 Å². The summed E-state index contributed by atoms with van der Waals surface area (Å²) in [5, 5.41) is 2.92. The second-order valence-electron chi connectivity index (χ2n) is 6.42. The average molecular weight is 404 g/mol. The van der Waals surface area contributed by atoms with Gasteiger partial charge in [0.2, 0.25) is 0 Å². The number of aromatic nitrogens is 2. The Bertz CT molecular complexity index is 874. The summed E-state index contributed by atoms with van der Waals surface area (Å²) in [6, 6.07) is 11.7. The highest BCUT2D eigenvalue weighted by atomic mass is 79.9. The first-order valence-electron chi connectivity index (χ1n) is 8.14. The molecule has 1 amide bonds. The highest BCUT2D eigenvalue weighted by molar-refractivity contribution is 9.10. The number of benzene rings is 2. The fourth-order valence-corrected chi connectivity index (χ4v) is 3.12. The third kappa shape index (κ3) is 4.07. The van der Waals surface area contributed by atoms with E-state index < -0.39 is 11.7 Å². The number of aromatic amines is 1. The van der Waals surface area contributed by atoms with Crippen molar-refractivity contribution in [2.45, 2.75) is 26.3 Å². The number of halogens is 2. The van der Waals surface area contributed by atoms with Crippen molar-refractivity contribution in [3.63, 3.8) is 0 Å². The van der Waals surface area contributed by atoms with Gasteiger partial charge in [0.15, 0.2) is 0 Å². The first kappa shape index (κ1) is 17.6. The van der Waals surface area contributed by atoms with Crippen LogP contribution in [0.3, 0.4) is 0 Å². The zero-order valence-electron chi connectivity index (χ0n) is 14.0. The van der Waals surface area contributed by atoms with Gasteiger partial charge in [0.05, 0.1) is 22.6 Å². The van der Waals surface area contributed by atoms with Gasteiger partial charge in [0.1, 0.15) is 11.6 Å². The zero-order valence-corrected chi connectivity index (χ0v) is 15.6. The van der Waals surface area contributed by atoms with Crippen LogP contribution in [0.25, 0.3) is 11.0 Å². The molecule has 4 nitrogen and oxygen atoms in total. The van der Waals surface area contributed by atoms with Crippen LogP contribution in [0.15, 0.2) is 46.9 Å². The molecule has 1 heterocycles. The van der Waals surface area contributed by atoms with E-state index in [0.717, 1.165) is 11.0 Å². The molecule has 25 heavy (non-hydrogen) atoms. The fraction of sp³-hybridized carbons (Fsp3) is 0.263. The number of hydrogen-bond acceptors (Lipinski definition) is 2. The molecule has 0 aliphatic carbocycles. The maximum atomic E-state index is 14.0. The average Bonchev–Trinajstić information content (AvgIpc) is 3.00. The van der Waals surface area contributed by atoms with Crippen molar-refractivity contribution in [2.75, 3.05) is 0 Å². The maximum absolute atomic E-state index is 14.0. The molecule has 1 atom stereocenters. The molecule has 130 valence electrons. The van der Waals surface area contributed by atoms with Crippen LogP contribution in [-0.2, 0) is 0 Å². The van der Waals surface area contributed by atoms with Crippen molar-refractivity contribution in [2.24, 2.45) is 5.92 Å². The van der Waals surface area contributed by atoms with Crippen LogP contribution in [0.5, 0.6) is 0 Å². The lowest BCUT2D eigenvalue weighted by Gasteiger charge is -2.19. The number of hydrogen-bond donors (Lipinski definition) is 2. The summed E-state index contributed by atoms with van der Waals surface area (Å²) in [6.45, 7) is 4.14. The number of rotatable bonds is 5. The van der Waals surface area contributed by atoms with Crippen molar-refractivity contribution < 1.29 is 9.18 Å². The Kier molecular flexibility index (Phi) is 5.18. The largest absolute Gasteiger partial charge is 0.342 e. The molecule has 3 rings (SSSR count). The van der Waals surface area contributed by atoms with E-state index in [0.29, 0.717) is 22.6 Å². The normalized spacial score (nSPS) is 12.5. The van der Waals surface area contributed by atoms with Gasteiger partial charge in [-0.2, -0.15) is 0 Å². The van der Waals surface area contributed by atoms with Gasteiger partial charge in [0.25, 0.3) is 5.91 Å². The minimum Gasteiger partial charge on any atom is -0.342 e. The Morgan fingerprint density at radius 3 is 2.76 bits per heavy atom. The van der Waals surface area contributed by atoms with Crippen LogP contribution < -0.4 is 5.32 Å². The second-order valence-corrected chi connectivity index (χ2v) is 7.33. The third-order valence-electron chi connectivity index (χ3n) is 3.92. The number of carbonyl (C=O) groups is 1. The molecule has 1 unspecified atom stereocenters. The Balaban J connectivity index is 1.90. The Morgan fingerprint density at radius 1 is 1.28 bits per heavy atom. The number of nitrogens with one attached hydrogen (secondary N) is 2. The minimum absolute atomic E-state index is 0.0132. The maximum Gasteiger partial charge on any atom is 0.254 e. The van der Waals surface area contributed by atoms with Gasteiger partial charge in [-0.15, -0.1) is 0 Å². The Morgan fingerprint density at radius 2 is 2.04 bits per heavy atom. The summed E-state index contributed by atoms with van der Waals surface area (Å²) >= 11 is 3.27. The molecule has 0 radical (unpaired) electrons. The lowest BCUT2D eigenvalue weighted by Crippen LogP contribution is -2.31. The molecule has 0 spiro atoms. The molecule has 0 fully saturated rings. The lowest BCUT2D eigenvalue weighted by molar-refractivity contribution is 0.0926. The molecular weight excluding hydrogens is 385 g/mol. The van der Waals surface area contributed by atoms with Crippen molar-refractivity contribution in [1.29, 1.82) is 0 Å². The second kappa shape index (κ2) is 7.35. The van der Waals surface area contributed by atoms with Gasteiger partial charge in [-0.3, -0.25) is 4.79 Å². The number of carbonyl (C=O) groups excluding carboxylic acids is 1. The number of fused-ring (bicyclic) bond motifs is 1. The van der Waals surface area contributed by atoms with Crippen LogP contribution in [0, 0.1) is 11.7 Å². The van der Waals surface area contributed by atoms with Gasteiger partial charge in [-0.25, -0.2) is 9.37 Å². The molecular formula is C19H19BrFN3O. The fourth-order valence-electron chi connectivity index (χ4n) is 2.76. The van der Waals surface area contributed by atoms with E-state index in [1.54, 1.807) is 6.07 Å². The SMILES string of the molecule is CC(C)CC(NC(=O)c1cc(Br)ccc1F)c1nc2ccccc2[nH]1. The monoisotopic (exact) mass is 403 g/mol. The predicted molar refractivity (Wildman–Crippen MR) is 99.9 cm³/mol. The van der Waals surface area contributed by atoms with Gasteiger partial charge >= 0.3 is 0 Å². The van der Waals surface area contributed by atoms with Crippen LogP contribution in [-0.4, -0.2) is 15.9 Å². The van der Waals surface area contributed by atoms with Gasteiger partial charge < -0.3 is 10.3 Å². The van der Waals surface area contributed by atoms with E-state index in [2.05, 4.69) is 45.1 Å². The van der Waals surface area contributed by atoms with Gasteiger partial charge in [-0.05, 0) is 42.7 Å². The quantitative estimate of drug-likeness (QED) is 0.630. The van der Waals surface area contributed by atoms with Crippen LogP contribution in [0.2, 0.25) is 0 Å². The van der Waals surface area contributed by atoms with E-state index in [-0.39, 0.29) is 11.6 Å². The number of amides is 1. The number of H-pyrrole nitrogens is 1. The summed E-state index contributed by atoms with van der Waals surface area (Å²) in [6.07, 6.45) is 0.696. The lowest BCUT2D eigenvalue weighted by atomic mass is 10.0. The summed E-state index contributed by atoms with van der Waals surface area (Å²) in [7, 11) is 0. The van der Waals surface area contributed by atoms with E-state index in [1.165, 1.54) is 12.1 Å². The molecule has 2 N–H and O–H groups in total. The van der Waals surface area contributed by atoms with E-state index in [4.69, 9.17) is 0 Å². The van der Waals surface area contributed by atoms with Crippen molar-refractivity contribution in [3.8, 4) is 0 Å². The highest BCUT2D eigenvalue weighted by Gasteiger charge is 2.22. The molecule has 0 saturated heterocycles. The smallest absolute Gasteiger partial charge is 0.254 e. The Labute approximate surface area is 154 Å². The number of nitrogens with zero attached hydrogens (tertiary/aromatic N) is 1. The molecule has 0 bridgehead atoms. The van der Waals surface area contributed by atoms with Crippen LogP contribution >= 0.6 is 15.9 Å². The molecule has 6 heteroatoms. The summed E-state index contributed by atoms with van der Waals surface area (Å²) in [4.78, 5) is 20.4. The highest BCUT2D eigenvalue weighted by Crippen LogP contribution is 2.23. The van der Waals surface area contributed by atoms with Crippen LogP contribution in [0.1, 0.15) is 42.5 Å². The molecule has 3 aromatic rings. The minimum atomic E-state index is -0.548. The van der Waals surface area contributed by atoms with E-state index >= 15 is 0 Å². The number of para-hydroxylation sites is 2. The van der Waals surface area contributed by atoms with Gasteiger partial charge in [0, 0.05) is 4.47 Å². The first-order valence-corrected chi connectivity index (χ1v) is 8.94. The van der Waals surface area contributed by atoms with E-state index in [9.17, 15) is 9.18 Å². The van der Waals surface area contributed by atoms with Crippen LogP contribution in [0.4, 0.5) is 4.39 Å². The van der Waals surface area contributed by atoms with Crippen molar-refractivity contribution in [3.05, 3.63) is 64.1 Å². The molecule has 0 saturated carbocycles. The van der Waals surface area contributed by atoms with Gasteiger partial charge in [-0.1, -0.05) is 41.9 Å². The molecule has 2 aromatic carbocycles. The summed E-state index contributed by atoms with van der Waals surface area (Å²) in [5.74, 6) is 0.0167. The predicted octanol–water partition coefficient (Wildman–Crippen LogP) is 4.98. The summed E-state index contributed by atoms with van der Waals surface area (Å²) in [5.41, 5.74) is 1.77. The molecule has 0 aliphatic rings. The third-order valence-corrected chi connectivity index (χ3v) is 4.42. The van der Waals surface area contributed by atoms with Crippen molar-refractivity contribution >= 4 is 32.9 Å². The summed E-state index contributed by atoms with van der Waals surface area (Å²) < 4.78 is 14.7. The topological polar surface area (TPSA) is 57.8 Å². The zero-order chi connectivity index (χ0) is 18.0. The standard InChI is InChI=1S/C19H19BrFN3O/c1-11(2)9-17(18-22-15-5-3-4-6-16(15)23-18)24-19(25)13-10-12(20)7-8-14(13)21/h3-8,10-11,17H,9H2,1-2H3,(H,22,23)(H,24,25). The Hall–Kier alpha value is -2.21. The van der Waals surface area contributed by atoms with E-state index in [1.807, 2.05) is 24.3 Å². The molecule has 1 aromatic heterocycles. The molecule has 0 aliphatic heterocycles. The number of imidazole rings is 1.